The maximum absolute atomic E-state index is 12.3. The molecule has 1 aromatic rings. The van der Waals surface area contributed by atoms with Gasteiger partial charge < -0.3 is 15.4 Å². The van der Waals surface area contributed by atoms with E-state index in [1.165, 1.54) is 0 Å². The van der Waals surface area contributed by atoms with E-state index in [4.69, 9.17) is 4.74 Å². The van der Waals surface area contributed by atoms with Crippen molar-refractivity contribution in [1.82, 2.24) is 10.3 Å². The van der Waals surface area contributed by atoms with Gasteiger partial charge in [-0.2, -0.15) is 0 Å². The summed E-state index contributed by atoms with van der Waals surface area (Å²) in [4.78, 5) is 16.5. The van der Waals surface area contributed by atoms with E-state index in [1.807, 2.05) is 20.0 Å². The second-order valence-corrected chi connectivity index (χ2v) is 5.73. The van der Waals surface area contributed by atoms with Crippen molar-refractivity contribution in [3.8, 4) is 0 Å². The highest BCUT2D eigenvalue weighted by atomic mass is 16.5. The second kappa shape index (κ2) is 6.22. The molecular formula is C15H23N3O2. The summed E-state index contributed by atoms with van der Waals surface area (Å²) in [6.45, 7) is 6.33. The van der Waals surface area contributed by atoms with E-state index in [9.17, 15) is 4.79 Å². The van der Waals surface area contributed by atoms with Gasteiger partial charge in [0.2, 0.25) is 0 Å². The summed E-state index contributed by atoms with van der Waals surface area (Å²) >= 11 is 0. The molecule has 5 nitrogen and oxygen atoms in total. The minimum absolute atomic E-state index is 0.0745. The van der Waals surface area contributed by atoms with Crippen LogP contribution in [0.15, 0.2) is 12.3 Å². The number of hydrogen-bond donors (Lipinski definition) is 2. The molecule has 0 bridgehead atoms. The van der Waals surface area contributed by atoms with Gasteiger partial charge in [0, 0.05) is 38.7 Å². The first kappa shape index (κ1) is 14.8. The Labute approximate surface area is 120 Å². The smallest absolute Gasteiger partial charge is 0.254 e. The monoisotopic (exact) mass is 277 g/mol. The molecule has 2 N–H and O–H groups in total. The van der Waals surface area contributed by atoms with Crippen LogP contribution in [0.3, 0.4) is 0 Å². The van der Waals surface area contributed by atoms with Crippen molar-refractivity contribution in [2.24, 2.45) is 5.41 Å². The number of rotatable bonds is 4. The molecule has 0 saturated carbocycles. The molecule has 1 aliphatic heterocycles. The number of carbonyl (C=O) groups is 1. The number of nitrogens with one attached hydrogen (secondary N) is 2. The number of hydrogen-bond acceptors (Lipinski definition) is 4. The molecule has 5 heteroatoms. The molecule has 1 aliphatic rings. The minimum atomic E-state index is -0.0745. The van der Waals surface area contributed by atoms with E-state index in [-0.39, 0.29) is 11.3 Å². The van der Waals surface area contributed by atoms with E-state index < -0.39 is 0 Å². The predicted octanol–water partition coefficient (Wildman–Crippen LogP) is 1.98. The molecule has 0 radical (unpaired) electrons. The number of aromatic nitrogens is 1. The highest BCUT2D eigenvalue weighted by molar-refractivity contribution is 5.99. The molecule has 1 amide bonds. The molecule has 1 fully saturated rings. The van der Waals surface area contributed by atoms with Crippen molar-refractivity contribution < 1.29 is 9.53 Å². The average Bonchev–Trinajstić information content (AvgIpc) is 2.45. The standard InChI is InChI=1S/C15H23N3O2/c1-11-8-13(16-3)12(9-17-11)14(19)18-10-15(2)4-6-20-7-5-15/h8-9H,4-7,10H2,1-3H3,(H,16,17)(H,18,19). The van der Waals surface area contributed by atoms with E-state index >= 15 is 0 Å². The molecule has 0 aromatic carbocycles. The Morgan fingerprint density at radius 2 is 2.15 bits per heavy atom. The average molecular weight is 277 g/mol. The highest BCUT2D eigenvalue weighted by Crippen LogP contribution is 2.28. The third-order valence-corrected chi connectivity index (χ3v) is 3.93. The third-order valence-electron chi connectivity index (χ3n) is 3.93. The van der Waals surface area contributed by atoms with E-state index in [1.54, 1.807) is 6.20 Å². The number of nitrogens with zero attached hydrogens (tertiary/aromatic N) is 1. The third kappa shape index (κ3) is 3.48. The summed E-state index contributed by atoms with van der Waals surface area (Å²) < 4.78 is 5.37. The lowest BCUT2D eigenvalue weighted by atomic mass is 9.82. The maximum Gasteiger partial charge on any atom is 0.254 e. The molecule has 1 saturated heterocycles. The van der Waals surface area contributed by atoms with Gasteiger partial charge >= 0.3 is 0 Å². The van der Waals surface area contributed by atoms with Crippen LogP contribution in [0.5, 0.6) is 0 Å². The number of anilines is 1. The van der Waals surface area contributed by atoms with Crippen molar-refractivity contribution in [1.29, 1.82) is 0 Å². The Balaban J connectivity index is 2.01. The molecule has 20 heavy (non-hydrogen) atoms. The number of amides is 1. The van der Waals surface area contributed by atoms with Gasteiger partial charge in [0.05, 0.1) is 11.3 Å². The maximum atomic E-state index is 12.3. The first-order chi connectivity index (χ1) is 9.54. The van der Waals surface area contributed by atoms with Crippen LogP contribution in [0.1, 0.15) is 35.8 Å². The van der Waals surface area contributed by atoms with Crippen molar-refractivity contribution in [2.45, 2.75) is 26.7 Å². The summed E-state index contributed by atoms with van der Waals surface area (Å²) in [5.41, 5.74) is 2.43. The van der Waals surface area contributed by atoms with Crippen LogP contribution in [-0.2, 0) is 4.74 Å². The Morgan fingerprint density at radius 3 is 2.80 bits per heavy atom. The molecule has 0 unspecified atom stereocenters. The van der Waals surface area contributed by atoms with Crippen LogP contribution in [0.2, 0.25) is 0 Å². The molecule has 1 aromatic heterocycles. The molecule has 2 rings (SSSR count). The number of ether oxygens (including phenoxy) is 1. The van der Waals surface area contributed by atoms with Crippen LogP contribution in [0, 0.1) is 12.3 Å². The van der Waals surface area contributed by atoms with Crippen LogP contribution in [0.25, 0.3) is 0 Å². The van der Waals surface area contributed by atoms with Crippen LogP contribution in [-0.4, -0.2) is 37.7 Å². The highest BCUT2D eigenvalue weighted by Gasteiger charge is 2.28. The lowest BCUT2D eigenvalue weighted by Gasteiger charge is -2.33. The van der Waals surface area contributed by atoms with Gasteiger partial charge in [0.25, 0.3) is 5.91 Å². The van der Waals surface area contributed by atoms with Gasteiger partial charge in [-0.1, -0.05) is 6.92 Å². The van der Waals surface area contributed by atoms with E-state index in [0.717, 1.165) is 37.4 Å². The quantitative estimate of drug-likeness (QED) is 0.883. The first-order valence-electron chi connectivity index (χ1n) is 7.04. The molecule has 0 aliphatic carbocycles. The zero-order chi connectivity index (χ0) is 14.6. The fourth-order valence-electron chi connectivity index (χ4n) is 2.38. The topological polar surface area (TPSA) is 63.2 Å². The van der Waals surface area contributed by atoms with E-state index in [2.05, 4.69) is 22.5 Å². The molecular weight excluding hydrogens is 254 g/mol. The summed E-state index contributed by atoms with van der Waals surface area (Å²) in [5, 5.41) is 6.07. The van der Waals surface area contributed by atoms with Crippen molar-refractivity contribution in [3.63, 3.8) is 0 Å². The van der Waals surface area contributed by atoms with Gasteiger partial charge in [-0.25, -0.2) is 0 Å². The summed E-state index contributed by atoms with van der Waals surface area (Å²) in [6, 6.07) is 1.88. The molecule has 2 heterocycles. The SMILES string of the molecule is CNc1cc(C)ncc1C(=O)NCC1(C)CCOCC1. The normalized spacial score (nSPS) is 17.6. The number of aryl methyl sites for hydroxylation is 1. The van der Waals surface area contributed by atoms with Gasteiger partial charge in [-0.05, 0) is 31.2 Å². The Kier molecular flexibility index (Phi) is 4.60. The van der Waals surface area contributed by atoms with E-state index in [0.29, 0.717) is 12.1 Å². The van der Waals surface area contributed by atoms with Crippen LogP contribution in [0.4, 0.5) is 5.69 Å². The fraction of sp³-hybridized carbons (Fsp3) is 0.600. The van der Waals surface area contributed by atoms with Gasteiger partial charge in [0.1, 0.15) is 0 Å². The fourth-order valence-corrected chi connectivity index (χ4v) is 2.38. The van der Waals surface area contributed by atoms with Crippen molar-refractivity contribution >= 4 is 11.6 Å². The first-order valence-corrected chi connectivity index (χ1v) is 7.04. The van der Waals surface area contributed by atoms with Crippen molar-refractivity contribution in [3.05, 3.63) is 23.5 Å². The Hall–Kier alpha value is -1.62. The zero-order valence-electron chi connectivity index (χ0n) is 12.5. The number of pyridine rings is 1. The van der Waals surface area contributed by atoms with Gasteiger partial charge in [-0.3, -0.25) is 9.78 Å². The summed E-state index contributed by atoms with van der Waals surface area (Å²) in [7, 11) is 1.81. The molecule has 110 valence electrons. The Bertz CT molecular complexity index is 482. The predicted molar refractivity (Wildman–Crippen MR) is 79.0 cm³/mol. The molecule has 0 spiro atoms. The van der Waals surface area contributed by atoms with Crippen LogP contribution >= 0.6 is 0 Å². The lowest BCUT2D eigenvalue weighted by molar-refractivity contribution is 0.0238. The molecule has 0 atom stereocenters. The zero-order valence-corrected chi connectivity index (χ0v) is 12.5. The summed E-state index contributed by atoms with van der Waals surface area (Å²) in [6.07, 6.45) is 3.60. The number of carbonyl (C=O) groups excluding carboxylic acids is 1. The van der Waals surface area contributed by atoms with Gasteiger partial charge in [0.15, 0.2) is 0 Å². The van der Waals surface area contributed by atoms with Crippen molar-refractivity contribution in [2.75, 3.05) is 32.1 Å². The summed E-state index contributed by atoms with van der Waals surface area (Å²) in [5.74, 6) is -0.0745. The Morgan fingerprint density at radius 1 is 1.45 bits per heavy atom. The second-order valence-electron chi connectivity index (χ2n) is 5.73. The minimum Gasteiger partial charge on any atom is -0.387 e. The lowest BCUT2D eigenvalue weighted by Crippen LogP contribution is -2.39. The largest absolute Gasteiger partial charge is 0.387 e. The van der Waals surface area contributed by atoms with Crippen LogP contribution < -0.4 is 10.6 Å². The van der Waals surface area contributed by atoms with Gasteiger partial charge in [-0.15, -0.1) is 0 Å².